The zero-order valence-electron chi connectivity index (χ0n) is 11.2. The largest absolute Gasteiger partial charge is 0.378 e. The van der Waals surface area contributed by atoms with Gasteiger partial charge in [0.1, 0.15) is 12.7 Å². The van der Waals surface area contributed by atoms with E-state index in [0.29, 0.717) is 0 Å². The van der Waals surface area contributed by atoms with Crippen molar-refractivity contribution in [3.8, 4) is 5.82 Å². The van der Waals surface area contributed by atoms with Crippen molar-refractivity contribution in [3.05, 3.63) is 66.4 Å². The second kappa shape index (κ2) is 5.52. The molecule has 3 rings (SSSR count). The molecule has 5 heteroatoms. The summed E-state index contributed by atoms with van der Waals surface area (Å²) in [5.41, 5.74) is 3.42. The number of hydrogen-bond acceptors (Lipinski definition) is 4. The normalized spacial score (nSPS) is 10.4. The zero-order valence-corrected chi connectivity index (χ0v) is 11.2. The number of nitrogens with one attached hydrogen (secondary N) is 1. The van der Waals surface area contributed by atoms with E-state index in [1.807, 2.05) is 12.1 Å². The number of hydrogen-bond donors (Lipinski definition) is 1. The van der Waals surface area contributed by atoms with Gasteiger partial charge in [-0.05, 0) is 24.6 Å². The van der Waals surface area contributed by atoms with E-state index >= 15 is 0 Å². The van der Waals surface area contributed by atoms with Crippen LogP contribution in [0.5, 0.6) is 0 Å². The summed E-state index contributed by atoms with van der Waals surface area (Å²) in [6, 6.07) is 12.3. The van der Waals surface area contributed by atoms with Crippen LogP contribution in [0.3, 0.4) is 0 Å². The second-order valence-electron chi connectivity index (χ2n) is 4.55. The Bertz CT molecular complexity index is 674. The third-order valence-electron chi connectivity index (χ3n) is 3.03. The molecule has 0 fully saturated rings. The van der Waals surface area contributed by atoms with Crippen LogP contribution in [0, 0.1) is 6.92 Å². The van der Waals surface area contributed by atoms with Gasteiger partial charge < -0.3 is 5.32 Å². The van der Waals surface area contributed by atoms with Crippen LogP contribution in [0.25, 0.3) is 5.82 Å². The molecule has 0 saturated heterocycles. The first kappa shape index (κ1) is 12.3. The topological polar surface area (TPSA) is 55.6 Å². The minimum absolute atomic E-state index is 0.744. The van der Waals surface area contributed by atoms with Gasteiger partial charge >= 0.3 is 0 Å². The van der Waals surface area contributed by atoms with Crippen molar-refractivity contribution in [2.75, 3.05) is 5.32 Å². The fraction of sp³-hybridized carbons (Fsp3) is 0.133. The third-order valence-corrected chi connectivity index (χ3v) is 3.03. The van der Waals surface area contributed by atoms with Gasteiger partial charge in [-0.3, -0.25) is 0 Å². The summed E-state index contributed by atoms with van der Waals surface area (Å²) < 4.78 is 1.65. The van der Waals surface area contributed by atoms with Gasteiger partial charge in [0.15, 0.2) is 5.82 Å². The number of aromatic nitrogens is 4. The molecule has 0 aliphatic heterocycles. The molecule has 0 bridgehead atoms. The predicted octanol–water partition coefficient (Wildman–Crippen LogP) is 2.58. The molecule has 2 heterocycles. The molecule has 20 heavy (non-hydrogen) atoms. The molecule has 0 spiro atoms. The zero-order chi connectivity index (χ0) is 13.8. The Morgan fingerprint density at radius 3 is 2.75 bits per heavy atom. The van der Waals surface area contributed by atoms with Crippen LogP contribution in [0.1, 0.15) is 11.1 Å². The van der Waals surface area contributed by atoms with Crippen molar-refractivity contribution in [2.45, 2.75) is 13.5 Å². The summed E-state index contributed by atoms with van der Waals surface area (Å²) in [4.78, 5) is 8.30. The minimum atomic E-state index is 0.744. The van der Waals surface area contributed by atoms with Crippen molar-refractivity contribution in [3.63, 3.8) is 0 Å². The van der Waals surface area contributed by atoms with E-state index in [1.165, 1.54) is 17.5 Å². The fourth-order valence-corrected chi connectivity index (χ4v) is 1.94. The van der Waals surface area contributed by atoms with Gasteiger partial charge in [0, 0.05) is 12.7 Å². The highest BCUT2D eigenvalue weighted by atomic mass is 15.3. The summed E-state index contributed by atoms with van der Waals surface area (Å²) >= 11 is 0. The molecule has 1 N–H and O–H groups in total. The molecular formula is C15H15N5. The van der Waals surface area contributed by atoms with Crippen LogP contribution in [0.4, 0.5) is 5.69 Å². The smallest absolute Gasteiger partial charge is 0.178 e. The van der Waals surface area contributed by atoms with E-state index in [4.69, 9.17) is 0 Å². The molecule has 2 aromatic heterocycles. The maximum Gasteiger partial charge on any atom is 0.178 e. The molecule has 100 valence electrons. The molecule has 0 saturated carbocycles. The molecule has 3 aromatic rings. The SMILES string of the molecule is Cc1ccc(CNc2cccnc2-n2cncn2)cc1. The molecule has 0 aliphatic carbocycles. The van der Waals surface area contributed by atoms with Crippen LogP contribution >= 0.6 is 0 Å². The quantitative estimate of drug-likeness (QED) is 0.787. The highest BCUT2D eigenvalue weighted by Crippen LogP contribution is 2.16. The Kier molecular flexibility index (Phi) is 3.41. The maximum atomic E-state index is 4.35. The van der Waals surface area contributed by atoms with Crippen LogP contribution in [0.15, 0.2) is 55.2 Å². The average molecular weight is 265 g/mol. The van der Waals surface area contributed by atoms with E-state index in [0.717, 1.165) is 18.1 Å². The first-order chi connectivity index (χ1) is 9.83. The number of rotatable bonds is 4. The fourth-order valence-electron chi connectivity index (χ4n) is 1.94. The van der Waals surface area contributed by atoms with Crippen molar-refractivity contribution in [2.24, 2.45) is 0 Å². The van der Waals surface area contributed by atoms with Crippen molar-refractivity contribution in [1.82, 2.24) is 19.7 Å². The summed E-state index contributed by atoms with van der Waals surface area (Å²) in [5, 5.41) is 7.50. The number of nitrogens with zero attached hydrogens (tertiary/aromatic N) is 4. The number of anilines is 1. The lowest BCUT2D eigenvalue weighted by Gasteiger charge is -2.10. The molecule has 0 radical (unpaired) electrons. The highest BCUT2D eigenvalue weighted by Gasteiger charge is 2.05. The van der Waals surface area contributed by atoms with Crippen molar-refractivity contribution < 1.29 is 0 Å². The number of pyridine rings is 1. The Balaban J connectivity index is 1.79. The average Bonchev–Trinajstić information content (AvgIpc) is 3.01. The summed E-state index contributed by atoms with van der Waals surface area (Å²) in [7, 11) is 0. The van der Waals surface area contributed by atoms with Gasteiger partial charge in [0.2, 0.25) is 0 Å². The minimum Gasteiger partial charge on any atom is -0.378 e. The molecular weight excluding hydrogens is 250 g/mol. The van der Waals surface area contributed by atoms with E-state index in [-0.39, 0.29) is 0 Å². The van der Waals surface area contributed by atoms with Gasteiger partial charge in [-0.1, -0.05) is 29.8 Å². The van der Waals surface area contributed by atoms with Gasteiger partial charge in [-0.25, -0.2) is 14.6 Å². The van der Waals surface area contributed by atoms with Crippen LogP contribution < -0.4 is 5.32 Å². The molecule has 5 nitrogen and oxygen atoms in total. The number of aryl methyl sites for hydroxylation is 1. The lowest BCUT2D eigenvalue weighted by molar-refractivity contribution is 0.844. The van der Waals surface area contributed by atoms with Gasteiger partial charge in [0.05, 0.1) is 5.69 Å². The molecule has 0 amide bonds. The maximum absolute atomic E-state index is 4.35. The van der Waals surface area contributed by atoms with Crippen LogP contribution in [-0.4, -0.2) is 19.7 Å². The van der Waals surface area contributed by atoms with Crippen LogP contribution in [0.2, 0.25) is 0 Å². The highest BCUT2D eigenvalue weighted by molar-refractivity contribution is 5.56. The Hall–Kier alpha value is -2.69. The first-order valence-corrected chi connectivity index (χ1v) is 6.42. The Morgan fingerprint density at radius 2 is 2.00 bits per heavy atom. The Morgan fingerprint density at radius 1 is 1.15 bits per heavy atom. The predicted molar refractivity (Wildman–Crippen MR) is 77.7 cm³/mol. The lowest BCUT2D eigenvalue weighted by Crippen LogP contribution is -2.06. The summed E-state index contributed by atoms with van der Waals surface area (Å²) in [6.07, 6.45) is 4.88. The monoisotopic (exact) mass is 265 g/mol. The van der Waals surface area contributed by atoms with E-state index < -0.39 is 0 Å². The lowest BCUT2D eigenvalue weighted by atomic mass is 10.1. The van der Waals surface area contributed by atoms with E-state index in [2.05, 4.69) is 51.6 Å². The van der Waals surface area contributed by atoms with Crippen molar-refractivity contribution >= 4 is 5.69 Å². The Labute approximate surface area is 117 Å². The van der Waals surface area contributed by atoms with Gasteiger partial charge in [0.25, 0.3) is 0 Å². The molecule has 0 unspecified atom stereocenters. The molecule has 0 aliphatic rings. The van der Waals surface area contributed by atoms with Crippen molar-refractivity contribution in [1.29, 1.82) is 0 Å². The van der Waals surface area contributed by atoms with E-state index in [1.54, 1.807) is 17.2 Å². The van der Waals surface area contributed by atoms with E-state index in [9.17, 15) is 0 Å². The van der Waals surface area contributed by atoms with Gasteiger partial charge in [-0.15, -0.1) is 0 Å². The molecule has 0 atom stereocenters. The third kappa shape index (κ3) is 2.66. The van der Waals surface area contributed by atoms with Crippen LogP contribution in [-0.2, 0) is 6.54 Å². The first-order valence-electron chi connectivity index (χ1n) is 6.42. The second-order valence-corrected chi connectivity index (χ2v) is 4.55. The number of benzene rings is 1. The molecule has 1 aromatic carbocycles. The van der Waals surface area contributed by atoms with Gasteiger partial charge in [-0.2, -0.15) is 5.10 Å². The summed E-state index contributed by atoms with van der Waals surface area (Å²) in [6.45, 7) is 2.83. The standard InChI is InChI=1S/C15H15N5/c1-12-4-6-13(7-5-12)9-18-14-3-2-8-17-15(14)20-11-16-10-19-20/h2-8,10-11,18H,9H2,1H3. The summed E-state index contributed by atoms with van der Waals surface area (Å²) in [5.74, 6) is 0.747.